The van der Waals surface area contributed by atoms with Crippen LogP contribution < -0.4 is 5.32 Å². The van der Waals surface area contributed by atoms with Crippen LogP contribution in [0.15, 0.2) is 12.7 Å². The molecule has 1 N–H and O–H groups in total. The molecule has 0 fully saturated rings. The molecular weight excluding hydrogens is 188 g/mol. The predicted octanol–water partition coefficient (Wildman–Crippen LogP) is 1.80. The SMILES string of the molecule is C=CC(=O)NCCCCN(C)C(C)(C)C. The summed E-state index contributed by atoms with van der Waals surface area (Å²) in [5, 5.41) is 2.77. The number of rotatable bonds is 6. The van der Waals surface area contributed by atoms with Gasteiger partial charge in [-0.25, -0.2) is 0 Å². The third-order valence-corrected chi connectivity index (χ3v) is 2.55. The number of nitrogens with one attached hydrogen (secondary N) is 1. The molecule has 0 aromatic carbocycles. The Balaban J connectivity index is 3.47. The third kappa shape index (κ3) is 7.14. The van der Waals surface area contributed by atoms with Crippen LogP contribution in [0.2, 0.25) is 0 Å². The second kappa shape index (κ2) is 6.62. The molecule has 0 saturated carbocycles. The van der Waals surface area contributed by atoms with Crippen molar-refractivity contribution in [2.24, 2.45) is 0 Å². The molecule has 0 aromatic heterocycles. The first-order chi connectivity index (χ1) is 6.88. The molecule has 1 amide bonds. The fourth-order valence-electron chi connectivity index (χ4n) is 1.09. The molecule has 0 aliphatic carbocycles. The molecule has 0 rings (SSSR count). The summed E-state index contributed by atoms with van der Waals surface area (Å²) in [6, 6.07) is 0. The van der Waals surface area contributed by atoms with Crippen molar-refractivity contribution in [3.05, 3.63) is 12.7 Å². The van der Waals surface area contributed by atoms with Gasteiger partial charge in [-0.05, 0) is 53.3 Å². The molecule has 0 atom stereocenters. The normalized spacial score (nSPS) is 11.5. The van der Waals surface area contributed by atoms with Crippen LogP contribution in [0.25, 0.3) is 0 Å². The van der Waals surface area contributed by atoms with Crippen molar-refractivity contribution >= 4 is 5.91 Å². The Hall–Kier alpha value is -0.830. The monoisotopic (exact) mass is 212 g/mol. The summed E-state index contributed by atoms with van der Waals surface area (Å²) >= 11 is 0. The lowest BCUT2D eigenvalue weighted by molar-refractivity contribution is -0.116. The van der Waals surface area contributed by atoms with Crippen molar-refractivity contribution in [2.45, 2.75) is 39.2 Å². The maximum Gasteiger partial charge on any atom is 0.243 e. The van der Waals surface area contributed by atoms with Crippen molar-refractivity contribution in [3.63, 3.8) is 0 Å². The van der Waals surface area contributed by atoms with Gasteiger partial charge in [0, 0.05) is 12.1 Å². The molecule has 0 radical (unpaired) electrons. The van der Waals surface area contributed by atoms with Crippen molar-refractivity contribution in [1.82, 2.24) is 10.2 Å². The topological polar surface area (TPSA) is 32.3 Å². The zero-order valence-electron chi connectivity index (χ0n) is 10.5. The zero-order valence-corrected chi connectivity index (χ0v) is 10.5. The van der Waals surface area contributed by atoms with Crippen molar-refractivity contribution in [2.75, 3.05) is 20.1 Å². The van der Waals surface area contributed by atoms with Gasteiger partial charge in [0.25, 0.3) is 0 Å². The first kappa shape index (κ1) is 14.2. The summed E-state index contributed by atoms with van der Waals surface area (Å²) in [5.41, 5.74) is 0.227. The van der Waals surface area contributed by atoms with E-state index >= 15 is 0 Å². The van der Waals surface area contributed by atoms with Crippen molar-refractivity contribution in [3.8, 4) is 0 Å². The Bertz CT molecular complexity index is 206. The summed E-state index contributed by atoms with van der Waals surface area (Å²) in [5.74, 6) is -0.0841. The number of amides is 1. The van der Waals surface area contributed by atoms with E-state index < -0.39 is 0 Å². The fraction of sp³-hybridized carbons (Fsp3) is 0.750. The van der Waals surface area contributed by atoms with Gasteiger partial charge in [-0.2, -0.15) is 0 Å². The Labute approximate surface area is 93.5 Å². The van der Waals surface area contributed by atoms with E-state index in [0.717, 1.165) is 25.9 Å². The molecule has 0 heterocycles. The third-order valence-electron chi connectivity index (χ3n) is 2.55. The average Bonchev–Trinajstić information content (AvgIpc) is 2.15. The van der Waals surface area contributed by atoms with Crippen LogP contribution in [0.5, 0.6) is 0 Å². The summed E-state index contributed by atoms with van der Waals surface area (Å²) in [7, 11) is 2.13. The minimum Gasteiger partial charge on any atom is -0.353 e. The van der Waals surface area contributed by atoms with E-state index in [-0.39, 0.29) is 11.4 Å². The summed E-state index contributed by atoms with van der Waals surface area (Å²) < 4.78 is 0. The number of carbonyl (C=O) groups is 1. The van der Waals surface area contributed by atoms with Crippen molar-refractivity contribution in [1.29, 1.82) is 0 Å². The van der Waals surface area contributed by atoms with E-state index in [1.807, 2.05) is 0 Å². The van der Waals surface area contributed by atoms with Crippen LogP contribution in [0.4, 0.5) is 0 Å². The van der Waals surface area contributed by atoms with E-state index in [2.05, 4.69) is 44.6 Å². The van der Waals surface area contributed by atoms with Crippen LogP contribution in [-0.2, 0) is 4.79 Å². The molecule has 0 aliphatic rings. The lowest BCUT2D eigenvalue weighted by atomic mass is 10.1. The highest BCUT2D eigenvalue weighted by Gasteiger charge is 2.15. The fourth-order valence-corrected chi connectivity index (χ4v) is 1.09. The van der Waals surface area contributed by atoms with Crippen LogP contribution in [0, 0.1) is 0 Å². The largest absolute Gasteiger partial charge is 0.353 e. The average molecular weight is 212 g/mol. The molecule has 15 heavy (non-hydrogen) atoms. The predicted molar refractivity (Wildman–Crippen MR) is 64.8 cm³/mol. The standard InChI is InChI=1S/C12H24N2O/c1-6-11(15)13-9-7-8-10-14(5)12(2,3)4/h6H,1,7-10H2,2-5H3,(H,13,15). The Kier molecular flexibility index (Phi) is 6.25. The second-order valence-corrected chi connectivity index (χ2v) is 4.79. The summed E-state index contributed by atoms with van der Waals surface area (Å²) in [6.07, 6.45) is 3.42. The molecule has 0 saturated heterocycles. The molecule has 3 nitrogen and oxygen atoms in total. The second-order valence-electron chi connectivity index (χ2n) is 4.79. The van der Waals surface area contributed by atoms with Gasteiger partial charge in [0.05, 0.1) is 0 Å². The molecule has 0 unspecified atom stereocenters. The minimum absolute atomic E-state index is 0.0841. The van der Waals surface area contributed by atoms with Gasteiger partial charge in [0.1, 0.15) is 0 Å². The van der Waals surface area contributed by atoms with Crippen LogP contribution in [0.3, 0.4) is 0 Å². The lowest BCUT2D eigenvalue weighted by Crippen LogP contribution is -2.38. The highest BCUT2D eigenvalue weighted by molar-refractivity contribution is 5.86. The Morgan fingerprint density at radius 1 is 1.40 bits per heavy atom. The first-order valence-electron chi connectivity index (χ1n) is 5.49. The lowest BCUT2D eigenvalue weighted by Gasteiger charge is -2.31. The Morgan fingerprint density at radius 3 is 2.47 bits per heavy atom. The number of nitrogens with zero attached hydrogens (tertiary/aromatic N) is 1. The van der Waals surface area contributed by atoms with Gasteiger partial charge in [-0.1, -0.05) is 6.58 Å². The summed E-state index contributed by atoms with van der Waals surface area (Å²) in [6.45, 7) is 11.8. The van der Waals surface area contributed by atoms with Gasteiger partial charge < -0.3 is 10.2 Å². The maximum atomic E-state index is 10.8. The van der Waals surface area contributed by atoms with Gasteiger partial charge in [-0.15, -0.1) is 0 Å². The quantitative estimate of drug-likeness (QED) is 0.538. The molecule has 0 bridgehead atoms. The maximum absolute atomic E-state index is 10.8. The van der Waals surface area contributed by atoms with E-state index in [0.29, 0.717) is 0 Å². The van der Waals surface area contributed by atoms with E-state index in [9.17, 15) is 4.79 Å². The molecule has 0 aromatic rings. The molecule has 0 aliphatic heterocycles. The number of hydrogen-bond donors (Lipinski definition) is 1. The molecule has 0 spiro atoms. The van der Waals surface area contributed by atoms with E-state index in [1.165, 1.54) is 6.08 Å². The van der Waals surface area contributed by atoms with Crippen molar-refractivity contribution < 1.29 is 4.79 Å². The first-order valence-corrected chi connectivity index (χ1v) is 5.49. The van der Waals surface area contributed by atoms with E-state index in [1.54, 1.807) is 0 Å². The van der Waals surface area contributed by atoms with Crippen LogP contribution in [0.1, 0.15) is 33.6 Å². The highest BCUT2D eigenvalue weighted by atomic mass is 16.1. The number of hydrogen-bond acceptors (Lipinski definition) is 2. The number of unbranched alkanes of at least 4 members (excludes halogenated alkanes) is 1. The molecule has 88 valence electrons. The highest BCUT2D eigenvalue weighted by Crippen LogP contribution is 2.10. The molecular formula is C12H24N2O. The van der Waals surface area contributed by atoms with Crippen LogP contribution in [-0.4, -0.2) is 36.5 Å². The van der Waals surface area contributed by atoms with Gasteiger partial charge in [-0.3, -0.25) is 4.79 Å². The van der Waals surface area contributed by atoms with Crippen LogP contribution >= 0.6 is 0 Å². The van der Waals surface area contributed by atoms with Gasteiger partial charge >= 0.3 is 0 Å². The number of carbonyl (C=O) groups excluding carboxylic acids is 1. The van der Waals surface area contributed by atoms with Gasteiger partial charge in [0.15, 0.2) is 0 Å². The summed E-state index contributed by atoms with van der Waals surface area (Å²) in [4.78, 5) is 13.2. The molecule has 3 heteroatoms. The van der Waals surface area contributed by atoms with Gasteiger partial charge in [0.2, 0.25) is 5.91 Å². The smallest absolute Gasteiger partial charge is 0.243 e. The zero-order chi connectivity index (χ0) is 11.9. The Morgan fingerprint density at radius 2 is 2.00 bits per heavy atom. The van der Waals surface area contributed by atoms with E-state index in [4.69, 9.17) is 0 Å². The minimum atomic E-state index is -0.0841.